The maximum Gasteiger partial charge on any atom is 0.307 e. The molecule has 0 bridgehead atoms. The van der Waals surface area contributed by atoms with E-state index in [2.05, 4.69) is 10.3 Å². The Hall–Kier alpha value is -2.64. The molecule has 0 aliphatic heterocycles. The molecule has 0 N–H and O–H groups in total. The van der Waals surface area contributed by atoms with Crippen LogP contribution < -0.4 is 10.3 Å². The van der Waals surface area contributed by atoms with Crippen LogP contribution in [0, 0.1) is 0 Å². The second kappa shape index (κ2) is 8.83. The van der Waals surface area contributed by atoms with Gasteiger partial charge in [-0.2, -0.15) is 4.68 Å². The molecular weight excluding hydrogens is 393 g/mol. The summed E-state index contributed by atoms with van der Waals surface area (Å²) in [5.41, 5.74) is 0.122. The topological polar surface area (TPSA) is 83.3 Å². The molecule has 140 valence electrons. The standard InChI is InChI=1S/C18H15Cl2N3O4/c19-12-7-8-16(14(20)10-12)26-9-3-6-17(24)27-11-23-18(25)13-4-1-2-5-15(13)21-22-23/h1-2,4-5,7-8,10H,3,6,9,11H2. The minimum Gasteiger partial charge on any atom is -0.492 e. The molecule has 0 saturated heterocycles. The molecule has 3 aromatic rings. The predicted molar refractivity (Wildman–Crippen MR) is 101 cm³/mol. The summed E-state index contributed by atoms with van der Waals surface area (Å²) in [6.07, 6.45) is 0.553. The second-order valence-electron chi connectivity index (χ2n) is 5.58. The molecule has 0 unspecified atom stereocenters. The van der Waals surface area contributed by atoms with Gasteiger partial charge in [-0.1, -0.05) is 40.5 Å². The highest BCUT2D eigenvalue weighted by atomic mass is 35.5. The van der Waals surface area contributed by atoms with Gasteiger partial charge < -0.3 is 9.47 Å². The fourth-order valence-electron chi connectivity index (χ4n) is 2.30. The molecule has 7 nitrogen and oxygen atoms in total. The van der Waals surface area contributed by atoms with E-state index in [1.54, 1.807) is 42.5 Å². The van der Waals surface area contributed by atoms with Crippen LogP contribution >= 0.6 is 23.2 Å². The lowest BCUT2D eigenvalue weighted by molar-refractivity contribution is -0.148. The van der Waals surface area contributed by atoms with Gasteiger partial charge in [-0.15, -0.1) is 5.10 Å². The van der Waals surface area contributed by atoms with E-state index >= 15 is 0 Å². The first-order valence-corrected chi connectivity index (χ1v) is 8.86. The molecule has 0 atom stereocenters. The Morgan fingerprint density at radius 2 is 1.96 bits per heavy atom. The molecular formula is C18H15Cl2N3O4. The quantitative estimate of drug-likeness (QED) is 0.440. The maximum absolute atomic E-state index is 12.2. The van der Waals surface area contributed by atoms with Crippen LogP contribution in [-0.4, -0.2) is 27.6 Å². The lowest BCUT2D eigenvalue weighted by Crippen LogP contribution is -2.26. The van der Waals surface area contributed by atoms with Crippen LogP contribution in [0.5, 0.6) is 5.75 Å². The van der Waals surface area contributed by atoms with E-state index in [9.17, 15) is 9.59 Å². The monoisotopic (exact) mass is 407 g/mol. The van der Waals surface area contributed by atoms with Crippen molar-refractivity contribution in [3.05, 3.63) is 62.9 Å². The third-order valence-corrected chi connectivity index (χ3v) is 4.18. The highest BCUT2D eigenvalue weighted by Crippen LogP contribution is 2.27. The number of hydrogen-bond acceptors (Lipinski definition) is 6. The number of carbonyl (C=O) groups excluding carboxylic acids is 1. The number of aromatic nitrogens is 3. The van der Waals surface area contributed by atoms with Crippen molar-refractivity contribution >= 4 is 40.1 Å². The Labute approximate surface area is 164 Å². The summed E-state index contributed by atoms with van der Waals surface area (Å²) in [4.78, 5) is 24.1. The molecule has 0 saturated carbocycles. The Morgan fingerprint density at radius 1 is 1.15 bits per heavy atom. The van der Waals surface area contributed by atoms with Gasteiger partial charge in [0.15, 0.2) is 6.73 Å². The van der Waals surface area contributed by atoms with Gasteiger partial charge in [-0.25, -0.2) is 0 Å². The molecule has 1 heterocycles. The Morgan fingerprint density at radius 3 is 2.78 bits per heavy atom. The van der Waals surface area contributed by atoms with Crippen LogP contribution in [0.15, 0.2) is 47.3 Å². The number of nitrogens with zero attached hydrogens (tertiary/aromatic N) is 3. The van der Waals surface area contributed by atoms with Crippen LogP contribution in [0.2, 0.25) is 10.0 Å². The zero-order valence-corrected chi connectivity index (χ0v) is 15.6. The molecule has 9 heteroatoms. The number of benzene rings is 2. The molecule has 0 amide bonds. The van der Waals surface area contributed by atoms with Crippen LogP contribution in [0.1, 0.15) is 12.8 Å². The van der Waals surface area contributed by atoms with E-state index in [-0.39, 0.29) is 25.3 Å². The van der Waals surface area contributed by atoms with Gasteiger partial charge in [-0.3, -0.25) is 9.59 Å². The van der Waals surface area contributed by atoms with Crippen molar-refractivity contribution in [3.8, 4) is 5.75 Å². The number of hydrogen-bond donors (Lipinski definition) is 0. The first kappa shape index (κ1) is 19.1. The minimum atomic E-state index is -0.470. The third-order valence-electron chi connectivity index (χ3n) is 3.65. The van der Waals surface area contributed by atoms with Crippen LogP contribution in [0.3, 0.4) is 0 Å². The Balaban J connectivity index is 1.46. The Kier molecular flexibility index (Phi) is 6.26. The van der Waals surface area contributed by atoms with Gasteiger partial charge >= 0.3 is 5.97 Å². The first-order chi connectivity index (χ1) is 13.0. The molecule has 27 heavy (non-hydrogen) atoms. The number of rotatable bonds is 7. The number of esters is 1. The molecule has 0 aliphatic carbocycles. The highest BCUT2D eigenvalue weighted by molar-refractivity contribution is 6.35. The van der Waals surface area contributed by atoms with Gasteiger partial charge in [0.2, 0.25) is 0 Å². The number of carbonyl (C=O) groups is 1. The molecule has 0 fully saturated rings. The third kappa shape index (κ3) is 4.96. The van der Waals surface area contributed by atoms with Gasteiger partial charge in [-0.05, 0) is 36.8 Å². The molecule has 1 aromatic heterocycles. The van der Waals surface area contributed by atoms with E-state index in [0.717, 1.165) is 4.68 Å². The van der Waals surface area contributed by atoms with Gasteiger partial charge in [0, 0.05) is 11.4 Å². The second-order valence-corrected chi connectivity index (χ2v) is 6.43. The summed E-state index contributed by atoms with van der Waals surface area (Å²) in [6.45, 7) is -0.00838. The summed E-state index contributed by atoms with van der Waals surface area (Å²) in [5.74, 6) is 0.0232. The smallest absolute Gasteiger partial charge is 0.307 e. The van der Waals surface area contributed by atoms with E-state index < -0.39 is 5.97 Å². The lowest BCUT2D eigenvalue weighted by atomic mass is 10.2. The SMILES string of the molecule is O=C(CCCOc1ccc(Cl)cc1Cl)OCn1nnc2ccccc2c1=O. The maximum atomic E-state index is 12.2. The van der Waals surface area contributed by atoms with Gasteiger partial charge in [0.1, 0.15) is 11.3 Å². The summed E-state index contributed by atoms with van der Waals surface area (Å²) >= 11 is 11.8. The van der Waals surface area contributed by atoms with E-state index in [1.807, 2.05) is 0 Å². The van der Waals surface area contributed by atoms with Gasteiger partial charge in [0.25, 0.3) is 5.56 Å². The lowest BCUT2D eigenvalue weighted by Gasteiger charge is -2.09. The van der Waals surface area contributed by atoms with E-state index in [0.29, 0.717) is 33.1 Å². The summed E-state index contributed by atoms with van der Waals surface area (Å²) < 4.78 is 11.6. The van der Waals surface area contributed by atoms with Crippen LogP contribution in [-0.2, 0) is 16.3 Å². The zero-order valence-electron chi connectivity index (χ0n) is 14.1. The van der Waals surface area contributed by atoms with Crippen molar-refractivity contribution in [2.75, 3.05) is 6.61 Å². The predicted octanol–water partition coefficient (Wildman–Crippen LogP) is 3.46. The normalized spacial score (nSPS) is 10.7. The first-order valence-electron chi connectivity index (χ1n) is 8.10. The summed E-state index contributed by atoms with van der Waals surface area (Å²) in [6, 6.07) is 11.7. The fourth-order valence-corrected chi connectivity index (χ4v) is 2.77. The summed E-state index contributed by atoms with van der Waals surface area (Å²) in [5, 5.41) is 9.01. The van der Waals surface area contributed by atoms with Crippen molar-refractivity contribution in [2.24, 2.45) is 0 Å². The van der Waals surface area contributed by atoms with Crippen molar-refractivity contribution in [1.29, 1.82) is 0 Å². The van der Waals surface area contributed by atoms with Gasteiger partial charge in [0.05, 0.1) is 17.0 Å². The molecule has 3 rings (SSSR count). The van der Waals surface area contributed by atoms with E-state index in [1.165, 1.54) is 0 Å². The fraction of sp³-hybridized carbons (Fsp3) is 0.222. The minimum absolute atomic E-state index is 0.126. The van der Waals surface area contributed by atoms with E-state index in [4.69, 9.17) is 32.7 Å². The number of fused-ring (bicyclic) bond motifs is 1. The summed E-state index contributed by atoms with van der Waals surface area (Å²) in [7, 11) is 0. The zero-order chi connectivity index (χ0) is 19.2. The molecule has 0 radical (unpaired) electrons. The van der Waals surface area contributed by atoms with Crippen molar-refractivity contribution in [3.63, 3.8) is 0 Å². The largest absolute Gasteiger partial charge is 0.492 e. The molecule has 0 spiro atoms. The number of halogens is 2. The van der Waals surface area contributed by atoms with Crippen molar-refractivity contribution < 1.29 is 14.3 Å². The number of ether oxygens (including phenoxy) is 2. The highest BCUT2D eigenvalue weighted by Gasteiger charge is 2.09. The average Bonchev–Trinajstić information content (AvgIpc) is 2.66. The molecule has 0 aliphatic rings. The average molecular weight is 408 g/mol. The van der Waals surface area contributed by atoms with Crippen LogP contribution in [0.4, 0.5) is 0 Å². The Bertz CT molecular complexity index is 1020. The van der Waals surface area contributed by atoms with Crippen molar-refractivity contribution in [2.45, 2.75) is 19.6 Å². The molecule has 2 aromatic carbocycles. The van der Waals surface area contributed by atoms with Crippen LogP contribution in [0.25, 0.3) is 10.9 Å². The van der Waals surface area contributed by atoms with Crippen molar-refractivity contribution in [1.82, 2.24) is 15.0 Å².